The Kier molecular flexibility index (Phi) is 6.96. The predicted molar refractivity (Wildman–Crippen MR) is 132 cm³/mol. The maximum absolute atomic E-state index is 12.9. The van der Waals surface area contributed by atoms with Crippen molar-refractivity contribution in [2.45, 2.75) is 26.2 Å². The summed E-state index contributed by atoms with van der Waals surface area (Å²) in [6, 6.07) is 16.9. The van der Waals surface area contributed by atoms with Gasteiger partial charge in [-0.1, -0.05) is 25.5 Å². The number of carbonyl (C=O) groups excluding carboxylic acids is 1. The normalized spacial score (nSPS) is 10.8. The number of hydrogen-bond acceptors (Lipinski definition) is 6. The number of rotatable bonds is 9. The molecule has 0 aliphatic rings. The molecule has 1 heterocycles. The Labute approximate surface area is 198 Å². The van der Waals surface area contributed by atoms with Crippen LogP contribution >= 0.6 is 0 Å². The van der Waals surface area contributed by atoms with Gasteiger partial charge in [-0.15, -0.1) is 10.2 Å². The minimum Gasteiger partial charge on any atom is -0.493 e. The summed E-state index contributed by atoms with van der Waals surface area (Å²) < 4.78 is 16.0. The zero-order valence-electron chi connectivity index (χ0n) is 19.8. The van der Waals surface area contributed by atoms with Crippen molar-refractivity contribution in [2.75, 3.05) is 26.6 Å². The van der Waals surface area contributed by atoms with E-state index >= 15 is 0 Å². The molecule has 34 heavy (non-hydrogen) atoms. The van der Waals surface area contributed by atoms with Gasteiger partial charge in [-0.05, 0) is 60.9 Å². The lowest BCUT2D eigenvalue weighted by atomic mass is 10.1. The Bertz CT molecular complexity index is 1270. The summed E-state index contributed by atoms with van der Waals surface area (Å²) in [6.45, 7) is 2.19. The molecule has 0 bridgehead atoms. The van der Waals surface area contributed by atoms with Crippen LogP contribution < -0.4 is 19.5 Å². The van der Waals surface area contributed by atoms with Crippen LogP contribution in [0.4, 0.5) is 5.69 Å². The van der Waals surface area contributed by atoms with Gasteiger partial charge >= 0.3 is 0 Å². The van der Waals surface area contributed by atoms with Gasteiger partial charge in [0, 0.05) is 11.3 Å². The van der Waals surface area contributed by atoms with E-state index in [0.717, 1.165) is 17.6 Å². The zero-order valence-corrected chi connectivity index (χ0v) is 19.8. The average molecular weight is 461 g/mol. The molecule has 0 atom stereocenters. The van der Waals surface area contributed by atoms with Gasteiger partial charge in [-0.25, -0.2) is 0 Å². The summed E-state index contributed by atoms with van der Waals surface area (Å²) in [5, 5.41) is 12.1. The molecule has 0 saturated heterocycles. The van der Waals surface area contributed by atoms with Crippen molar-refractivity contribution in [3.63, 3.8) is 0 Å². The highest BCUT2D eigenvalue weighted by molar-refractivity contribution is 6.05. The highest BCUT2D eigenvalue weighted by Crippen LogP contribution is 2.38. The number of unbranched alkanes of at least 4 members (excludes halogenated alkanes) is 1. The monoisotopic (exact) mass is 460 g/mol. The van der Waals surface area contributed by atoms with Crippen LogP contribution in [0, 0.1) is 0 Å². The van der Waals surface area contributed by atoms with Gasteiger partial charge in [-0.2, -0.15) is 4.80 Å². The van der Waals surface area contributed by atoms with Crippen LogP contribution in [-0.2, 0) is 6.42 Å². The first kappa shape index (κ1) is 23.1. The second kappa shape index (κ2) is 10.2. The highest BCUT2D eigenvalue weighted by Gasteiger charge is 2.17. The van der Waals surface area contributed by atoms with Gasteiger partial charge < -0.3 is 19.5 Å². The summed E-state index contributed by atoms with van der Waals surface area (Å²) in [5.41, 5.74) is 4.59. The van der Waals surface area contributed by atoms with Crippen LogP contribution in [-0.4, -0.2) is 42.2 Å². The number of benzene rings is 3. The summed E-state index contributed by atoms with van der Waals surface area (Å²) in [5.74, 6) is 0.934. The van der Waals surface area contributed by atoms with Crippen molar-refractivity contribution in [1.82, 2.24) is 15.0 Å². The number of amides is 1. The second-order valence-corrected chi connectivity index (χ2v) is 7.83. The minimum absolute atomic E-state index is 0.311. The van der Waals surface area contributed by atoms with E-state index in [0.29, 0.717) is 34.0 Å². The van der Waals surface area contributed by atoms with Gasteiger partial charge in [0.25, 0.3) is 5.91 Å². The van der Waals surface area contributed by atoms with Crippen molar-refractivity contribution in [2.24, 2.45) is 0 Å². The fourth-order valence-corrected chi connectivity index (χ4v) is 3.70. The number of hydrogen-bond donors (Lipinski definition) is 1. The molecule has 0 saturated carbocycles. The van der Waals surface area contributed by atoms with E-state index in [9.17, 15) is 4.79 Å². The van der Waals surface area contributed by atoms with Crippen LogP contribution in [0.1, 0.15) is 35.7 Å². The third-order valence-electron chi connectivity index (χ3n) is 5.55. The lowest BCUT2D eigenvalue weighted by Crippen LogP contribution is -2.12. The number of carbonyl (C=O) groups is 1. The van der Waals surface area contributed by atoms with Crippen LogP contribution in [0.25, 0.3) is 16.7 Å². The van der Waals surface area contributed by atoms with E-state index in [4.69, 9.17) is 14.2 Å². The summed E-state index contributed by atoms with van der Waals surface area (Å²) in [6.07, 6.45) is 3.42. The Balaban J connectivity index is 1.55. The second-order valence-electron chi connectivity index (χ2n) is 7.83. The number of nitrogens with zero attached hydrogens (tertiary/aromatic N) is 3. The molecule has 0 aliphatic heterocycles. The lowest BCUT2D eigenvalue weighted by Gasteiger charge is -2.14. The maximum atomic E-state index is 12.9. The number of anilines is 1. The van der Waals surface area contributed by atoms with Crippen molar-refractivity contribution in [1.29, 1.82) is 0 Å². The number of aryl methyl sites for hydroxylation is 1. The number of nitrogens with one attached hydrogen (secondary N) is 1. The van der Waals surface area contributed by atoms with Gasteiger partial charge in [0.05, 0.1) is 27.0 Å². The van der Waals surface area contributed by atoms with Gasteiger partial charge in [-0.3, -0.25) is 4.79 Å². The SMILES string of the molecule is CCCCc1ccc(-n2nc3ccc(NC(=O)c4cc(OC)c(OC)c(OC)c4)cc3n2)cc1. The van der Waals surface area contributed by atoms with Crippen LogP contribution in [0.2, 0.25) is 0 Å². The molecule has 0 aliphatic carbocycles. The first-order valence-corrected chi connectivity index (χ1v) is 11.1. The predicted octanol–water partition coefficient (Wildman–Crippen LogP) is 5.04. The van der Waals surface area contributed by atoms with Gasteiger partial charge in [0.1, 0.15) is 11.0 Å². The number of ether oxygens (including phenoxy) is 3. The van der Waals surface area contributed by atoms with Crippen molar-refractivity contribution >= 4 is 22.6 Å². The molecule has 4 rings (SSSR count). The minimum atomic E-state index is -0.311. The smallest absolute Gasteiger partial charge is 0.255 e. The Morgan fingerprint density at radius 2 is 1.56 bits per heavy atom. The quantitative estimate of drug-likeness (QED) is 0.376. The summed E-state index contributed by atoms with van der Waals surface area (Å²) in [4.78, 5) is 14.5. The molecule has 8 nitrogen and oxygen atoms in total. The third kappa shape index (κ3) is 4.80. The number of aromatic nitrogens is 3. The molecule has 1 N–H and O–H groups in total. The van der Waals surface area contributed by atoms with Crippen molar-refractivity contribution in [3.8, 4) is 22.9 Å². The van der Waals surface area contributed by atoms with E-state index in [1.54, 1.807) is 29.1 Å². The molecular formula is C26H28N4O4. The fourth-order valence-electron chi connectivity index (χ4n) is 3.70. The zero-order chi connectivity index (χ0) is 24.1. The molecule has 8 heteroatoms. The van der Waals surface area contributed by atoms with E-state index in [1.807, 2.05) is 18.2 Å². The van der Waals surface area contributed by atoms with Gasteiger partial charge in [0.15, 0.2) is 11.5 Å². The number of methoxy groups -OCH3 is 3. The first-order chi connectivity index (χ1) is 16.6. The van der Waals surface area contributed by atoms with E-state index in [-0.39, 0.29) is 5.91 Å². The summed E-state index contributed by atoms with van der Waals surface area (Å²) >= 11 is 0. The maximum Gasteiger partial charge on any atom is 0.255 e. The Morgan fingerprint density at radius 3 is 2.18 bits per heavy atom. The molecule has 0 radical (unpaired) electrons. The molecule has 1 aromatic heterocycles. The first-order valence-electron chi connectivity index (χ1n) is 11.1. The van der Waals surface area contributed by atoms with Crippen LogP contribution in [0.15, 0.2) is 54.6 Å². The molecule has 4 aromatic rings. The molecule has 0 fully saturated rings. The Morgan fingerprint density at radius 1 is 0.882 bits per heavy atom. The molecule has 0 unspecified atom stereocenters. The highest BCUT2D eigenvalue weighted by atomic mass is 16.5. The van der Waals surface area contributed by atoms with Crippen molar-refractivity contribution < 1.29 is 19.0 Å². The topological polar surface area (TPSA) is 87.5 Å². The van der Waals surface area contributed by atoms with E-state index < -0.39 is 0 Å². The van der Waals surface area contributed by atoms with Crippen molar-refractivity contribution in [3.05, 3.63) is 65.7 Å². The van der Waals surface area contributed by atoms with E-state index in [1.165, 1.54) is 39.7 Å². The van der Waals surface area contributed by atoms with E-state index in [2.05, 4.69) is 34.6 Å². The lowest BCUT2D eigenvalue weighted by molar-refractivity contribution is 0.102. The van der Waals surface area contributed by atoms with Crippen LogP contribution in [0.5, 0.6) is 17.2 Å². The third-order valence-corrected chi connectivity index (χ3v) is 5.55. The van der Waals surface area contributed by atoms with Crippen LogP contribution in [0.3, 0.4) is 0 Å². The standard InChI is InChI=1S/C26H28N4O4/c1-5-6-7-17-8-11-20(12-9-17)30-28-21-13-10-19(16-22(21)29-30)27-26(31)18-14-23(32-2)25(34-4)24(15-18)33-3/h8-16H,5-7H2,1-4H3,(H,27,31). The molecule has 176 valence electrons. The average Bonchev–Trinajstić information content (AvgIpc) is 3.30. The summed E-state index contributed by atoms with van der Waals surface area (Å²) in [7, 11) is 4.53. The number of fused-ring (bicyclic) bond motifs is 1. The Hall–Kier alpha value is -4.07. The molecule has 0 spiro atoms. The molecule has 3 aromatic carbocycles. The molecule has 1 amide bonds. The van der Waals surface area contributed by atoms with Gasteiger partial charge in [0.2, 0.25) is 5.75 Å². The largest absolute Gasteiger partial charge is 0.493 e. The fraction of sp³-hybridized carbons (Fsp3) is 0.269. The molecular weight excluding hydrogens is 432 g/mol.